The number of nitrogens with one attached hydrogen (secondary N) is 2. The molecule has 8 atom stereocenters. The summed E-state index contributed by atoms with van der Waals surface area (Å²) < 4.78 is 5.75. The summed E-state index contributed by atoms with van der Waals surface area (Å²) >= 11 is 7.49. The molecule has 0 aromatic heterocycles. The van der Waals surface area contributed by atoms with Gasteiger partial charge in [0, 0.05) is 0 Å². The van der Waals surface area contributed by atoms with E-state index in [9.17, 15) is 20.1 Å². The van der Waals surface area contributed by atoms with Crippen LogP contribution in [0.4, 0.5) is 0 Å². The molecule has 2 rings (SSSR count). The lowest BCUT2D eigenvalue weighted by atomic mass is 9.93. The van der Waals surface area contributed by atoms with Gasteiger partial charge in [-0.15, -0.1) is 23.4 Å². The van der Waals surface area contributed by atoms with Crippen LogP contribution in [0.1, 0.15) is 32.6 Å². The molecule has 1 amide bonds. The van der Waals surface area contributed by atoms with Crippen molar-refractivity contribution in [2.45, 2.75) is 79.9 Å². The fourth-order valence-corrected chi connectivity index (χ4v) is 4.23. The van der Waals surface area contributed by atoms with Crippen molar-refractivity contribution in [3.63, 3.8) is 0 Å². The first-order chi connectivity index (χ1) is 11.9. The van der Waals surface area contributed by atoms with Gasteiger partial charge in [0.1, 0.15) is 29.9 Å². The zero-order chi connectivity index (χ0) is 18.6. The number of rotatable bonds is 5. The highest BCUT2D eigenvalue weighted by molar-refractivity contribution is 7.99. The van der Waals surface area contributed by atoms with Crippen molar-refractivity contribution in [2.75, 3.05) is 12.8 Å². The quantitative estimate of drug-likeness (QED) is 0.409. The molecule has 7 nitrogen and oxygen atoms in total. The highest BCUT2D eigenvalue weighted by Gasteiger charge is 2.48. The maximum atomic E-state index is 12.6. The van der Waals surface area contributed by atoms with E-state index in [-0.39, 0.29) is 11.9 Å². The van der Waals surface area contributed by atoms with Crippen LogP contribution in [0.2, 0.25) is 0 Å². The van der Waals surface area contributed by atoms with E-state index in [0.717, 1.165) is 32.2 Å². The molecule has 2 saturated heterocycles. The van der Waals surface area contributed by atoms with Crippen molar-refractivity contribution in [3.8, 4) is 0 Å². The Morgan fingerprint density at radius 1 is 1.24 bits per heavy atom. The van der Waals surface area contributed by atoms with Crippen LogP contribution in [0.5, 0.6) is 0 Å². The minimum absolute atomic E-state index is 0.184. The molecule has 5 N–H and O–H groups in total. The Morgan fingerprint density at radius 2 is 1.96 bits per heavy atom. The highest BCUT2D eigenvalue weighted by atomic mass is 35.5. The number of hydrogen-bond acceptors (Lipinski definition) is 7. The van der Waals surface area contributed by atoms with Gasteiger partial charge in [0.2, 0.25) is 5.91 Å². The van der Waals surface area contributed by atoms with Gasteiger partial charge < -0.3 is 30.7 Å². The SMILES string of the molecule is CSC1OC(C(NC(=O)[C@H]2CCCCCN2)C(C)Cl)C(O)C(O)C1O. The standard InChI is InChI=1S/C16H29ClN2O5S/c1-8(17)10(19-15(23)9-6-4-3-5-7-18-9)14-12(21)11(20)13(22)16(24-14)25-2/h8-14,16,18,20-22H,3-7H2,1-2H3,(H,19,23)/t8?,9-,10?,11?,12?,13?,14?,16?/m1/s1. The Labute approximate surface area is 157 Å². The molecule has 2 fully saturated rings. The Morgan fingerprint density at radius 3 is 2.60 bits per heavy atom. The van der Waals surface area contributed by atoms with E-state index in [1.54, 1.807) is 13.2 Å². The molecule has 2 heterocycles. The fourth-order valence-electron chi connectivity index (χ4n) is 3.34. The van der Waals surface area contributed by atoms with Gasteiger partial charge in [-0.1, -0.05) is 12.8 Å². The summed E-state index contributed by atoms with van der Waals surface area (Å²) in [4.78, 5) is 12.6. The minimum Gasteiger partial charge on any atom is -0.388 e. The van der Waals surface area contributed by atoms with Crippen LogP contribution < -0.4 is 10.6 Å². The van der Waals surface area contributed by atoms with Gasteiger partial charge in [0.25, 0.3) is 0 Å². The van der Waals surface area contributed by atoms with Gasteiger partial charge in [0.15, 0.2) is 0 Å². The third-order valence-electron chi connectivity index (χ3n) is 4.87. The number of amides is 1. The lowest BCUT2D eigenvalue weighted by Crippen LogP contribution is -2.65. The summed E-state index contributed by atoms with van der Waals surface area (Å²) in [6.07, 6.45) is 0.798. The maximum absolute atomic E-state index is 12.6. The van der Waals surface area contributed by atoms with E-state index < -0.39 is 41.3 Å². The number of carbonyl (C=O) groups excluding carboxylic acids is 1. The molecule has 0 spiro atoms. The van der Waals surface area contributed by atoms with Crippen LogP contribution in [0, 0.1) is 0 Å². The topological polar surface area (TPSA) is 111 Å². The second-order valence-corrected chi connectivity index (χ2v) is 8.37. The molecule has 0 radical (unpaired) electrons. The first-order valence-corrected chi connectivity index (χ1v) is 10.5. The van der Waals surface area contributed by atoms with Gasteiger partial charge >= 0.3 is 0 Å². The van der Waals surface area contributed by atoms with Crippen molar-refractivity contribution in [1.29, 1.82) is 0 Å². The third kappa shape index (κ3) is 5.22. The summed E-state index contributed by atoms with van der Waals surface area (Å²) in [5.41, 5.74) is -0.700. The van der Waals surface area contributed by atoms with Gasteiger partial charge in [-0.3, -0.25) is 4.79 Å². The van der Waals surface area contributed by atoms with Crippen molar-refractivity contribution >= 4 is 29.3 Å². The monoisotopic (exact) mass is 396 g/mol. The van der Waals surface area contributed by atoms with E-state index >= 15 is 0 Å². The van der Waals surface area contributed by atoms with Gasteiger partial charge in [-0.05, 0) is 32.6 Å². The van der Waals surface area contributed by atoms with E-state index in [1.165, 1.54) is 11.8 Å². The predicted octanol–water partition coefficient (Wildman–Crippen LogP) is -0.199. The summed E-state index contributed by atoms with van der Waals surface area (Å²) in [5.74, 6) is -0.184. The molecule has 9 heteroatoms. The summed E-state index contributed by atoms with van der Waals surface area (Å²) in [6, 6.07) is -0.987. The van der Waals surface area contributed by atoms with Gasteiger partial charge in [-0.2, -0.15) is 0 Å². The Bertz CT molecular complexity index is 435. The molecule has 2 aliphatic heterocycles. The van der Waals surface area contributed by atoms with E-state index in [2.05, 4.69) is 10.6 Å². The molecular formula is C16H29ClN2O5S. The zero-order valence-electron chi connectivity index (χ0n) is 14.6. The number of ether oxygens (including phenoxy) is 1. The number of halogens is 1. The second-order valence-electron chi connectivity index (χ2n) is 6.74. The minimum atomic E-state index is -1.36. The van der Waals surface area contributed by atoms with Crippen LogP contribution in [0.3, 0.4) is 0 Å². The Kier molecular flexibility index (Phi) is 8.26. The summed E-state index contributed by atoms with van der Waals surface area (Å²) in [7, 11) is 0. The number of carbonyl (C=O) groups is 1. The lowest BCUT2D eigenvalue weighted by molar-refractivity contribution is -0.205. The molecule has 0 aromatic rings. The normalized spacial score (nSPS) is 39.3. The Hall–Kier alpha value is -0.0900. The van der Waals surface area contributed by atoms with Crippen LogP contribution >= 0.6 is 23.4 Å². The van der Waals surface area contributed by atoms with Gasteiger partial charge in [-0.25, -0.2) is 0 Å². The first-order valence-electron chi connectivity index (χ1n) is 8.77. The second kappa shape index (κ2) is 9.73. The number of aliphatic hydroxyl groups excluding tert-OH is 3. The van der Waals surface area contributed by atoms with Crippen LogP contribution in [-0.2, 0) is 9.53 Å². The molecule has 7 unspecified atom stereocenters. The molecule has 0 bridgehead atoms. The zero-order valence-corrected chi connectivity index (χ0v) is 16.2. The molecule has 0 aromatic carbocycles. The first kappa shape index (κ1) is 21.2. The van der Waals surface area contributed by atoms with Crippen molar-refractivity contribution in [2.24, 2.45) is 0 Å². The molecule has 146 valence electrons. The maximum Gasteiger partial charge on any atom is 0.237 e. The van der Waals surface area contributed by atoms with Crippen molar-refractivity contribution in [1.82, 2.24) is 10.6 Å². The van der Waals surface area contributed by atoms with Crippen LogP contribution in [-0.4, -0.2) is 81.3 Å². The summed E-state index contributed by atoms with van der Waals surface area (Å²) in [5, 5.41) is 36.0. The lowest BCUT2D eigenvalue weighted by Gasteiger charge is -2.44. The largest absolute Gasteiger partial charge is 0.388 e. The molecule has 25 heavy (non-hydrogen) atoms. The summed E-state index contributed by atoms with van der Waals surface area (Å²) in [6.45, 7) is 2.50. The fraction of sp³-hybridized carbons (Fsp3) is 0.938. The highest BCUT2D eigenvalue weighted by Crippen LogP contribution is 2.30. The number of alkyl halides is 1. The molecule has 0 saturated carbocycles. The van der Waals surface area contributed by atoms with Crippen LogP contribution in [0.25, 0.3) is 0 Å². The van der Waals surface area contributed by atoms with Crippen molar-refractivity contribution < 1.29 is 24.9 Å². The number of aliphatic hydroxyl groups is 3. The van der Waals surface area contributed by atoms with E-state index in [4.69, 9.17) is 16.3 Å². The van der Waals surface area contributed by atoms with Gasteiger partial charge in [0.05, 0.1) is 17.5 Å². The van der Waals surface area contributed by atoms with Crippen molar-refractivity contribution in [3.05, 3.63) is 0 Å². The molecule has 0 aliphatic carbocycles. The average Bonchev–Trinajstić information content (AvgIpc) is 2.87. The Balaban J connectivity index is 2.09. The number of thioether (sulfide) groups is 1. The van der Waals surface area contributed by atoms with E-state index in [1.807, 2.05) is 0 Å². The van der Waals surface area contributed by atoms with E-state index in [0.29, 0.717) is 0 Å². The molecular weight excluding hydrogens is 368 g/mol. The number of hydrogen-bond donors (Lipinski definition) is 5. The van der Waals surface area contributed by atoms with Crippen LogP contribution in [0.15, 0.2) is 0 Å². The predicted molar refractivity (Wildman–Crippen MR) is 97.7 cm³/mol. The smallest absolute Gasteiger partial charge is 0.237 e. The molecule has 2 aliphatic rings. The third-order valence-corrected chi connectivity index (χ3v) is 6.00. The average molecular weight is 397 g/mol.